The van der Waals surface area contributed by atoms with Crippen molar-refractivity contribution in [1.29, 1.82) is 0 Å². The Morgan fingerprint density at radius 3 is 1.95 bits per heavy atom. The van der Waals surface area contributed by atoms with Crippen LogP contribution in [0.4, 0.5) is 0 Å². The summed E-state index contributed by atoms with van der Waals surface area (Å²) in [4.78, 5) is 64.3. The SMILES string of the molecule is CC(O)C(NC(=O)C(Cc1cnc[nH]1)NC(=O)C(N)Cc1cnc[nH]1)C(=O)NC(Cc1ccc(O)cc1)C(=O)O. The number of benzene rings is 1. The van der Waals surface area contributed by atoms with Crippen LogP contribution >= 0.6 is 0 Å². The summed E-state index contributed by atoms with van der Waals surface area (Å²) in [7, 11) is 0. The number of amides is 3. The fourth-order valence-electron chi connectivity index (χ4n) is 3.82. The lowest BCUT2D eigenvalue weighted by molar-refractivity contribution is -0.143. The van der Waals surface area contributed by atoms with E-state index in [1.165, 1.54) is 56.2 Å². The largest absolute Gasteiger partial charge is 0.508 e. The number of nitrogens with one attached hydrogen (secondary N) is 5. The van der Waals surface area contributed by atoms with Crippen LogP contribution in [0.3, 0.4) is 0 Å². The number of H-pyrrole nitrogens is 2. The van der Waals surface area contributed by atoms with Crippen LogP contribution in [0.25, 0.3) is 0 Å². The zero-order valence-corrected chi connectivity index (χ0v) is 21.6. The second kappa shape index (κ2) is 13.9. The van der Waals surface area contributed by atoms with Gasteiger partial charge in [0.15, 0.2) is 0 Å². The Morgan fingerprint density at radius 2 is 1.43 bits per heavy atom. The zero-order chi connectivity index (χ0) is 29.2. The number of aliphatic hydroxyl groups excluding tert-OH is 1. The number of rotatable bonds is 14. The first-order chi connectivity index (χ1) is 19.0. The Labute approximate surface area is 228 Å². The Hall–Kier alpha value is -4.76. The van der Waals surface area contributed by atoms with Crippen LogP contribution in [-0.2, 0) is 38.4 Å². The van der Waals surface area contributed by atoms with Crippen LogP contribution in [0.2, 0.25) is 0 Å². The highest BCUT2D eigenvalue weighted by Crippen LogP contribution is 2.12. The maximum Gasteiger partial charge on any atom is 0.326 e. The van der Waals surface area contributed by atoms with Crippen molar-refractivity contribution in [2.75, 3.05) is 0 Å². The second-order valence-electron chi connectivity index (χ2n) is 9.23. The third-order valence-electron chi connectivity index (χ3n) is 6.00. The lowest BCUT2D eigenvalue weighted by Crippen LogP contribution is -2.60. The number of aromatic amines is 2. The summed E-state index contributed by atoms with van der Waals surface area (Å²) < 4.78 is 0. The smallest absolute Gasteiger partial charge is 0.326 e. The first-order valence-corrected chi connectivity index (χ1v) is 12.3. The minimum Gasteiger partial charge on any atom is -0.508 e. The molecule has 0 radical (unpaired) electrons. The number of carboxylic acids is 1. The molecular formula is C25H32N8O7. The number of aliphatic carboxylic acids is 1. The van der Waals surface area contributed by atoms with E-state index in [2.05, 4.69) is 35.9 Å². The summed E-state index contributed by atoms with van der Waals surface area (Å²) in [5, 5.41) is 36.6. The highest BCUT2D eigenvalue weighted by Gasteiger charge is 2.33. The number of nitrogens with zero attached hydrogens (tertiary/aromatic N) is 2. The molecule has 3 aromatic rings. The topological polar surface area (TPSA) is 248 Å². The molecule has 0 aliphatic heterocycles. The molecule has 15 nitrogen and oxygen atoms in total. The van der Waals surface area contributed by atoms with Crippen molar-refractivity contribution in [3.05, 3.63) is 66.3 Å². The van der Waals surface area contributed by atoms with E-state index in [0.717, 1.165) is 0 Å². The van der Waals surface area contributed by atoms with Crippen LogP contribution < -0.4 is 21.7 Å². The van der Waals surface area contributed by atoms with Crippen molar-refractivity contribution in [3.8, 4) is 5.75 Å². The normalized spacial score (nSPS) is 14.8. The Morgan fingerprint density at radius 1 is 0.850 bits per heavy atom. The van der Waals surface area contributed by atoms with Gasteiger partial charge in [-0.2, -0.15) is 0 Å². The van der Waals surface area contributed by atoms with E-state index in [-0.39, 0.29) is 25.0 Å². The molecule has 0 spiro atoms. The van der Waals surface area contributed by atoms with E-state index in [9.17, 15) is 34.5 Å². The lowest BCUT2D eigenvalue weighted by Gasteiger charge is -2.26. The van der Waals surface area contributed by atoms with Crippen molar-refractivity contribution in [2.24, 2.45) is 5.73 Å². The van der Waals surface area contributed by atoms with Gasteiger partial charge in [0.1, 0.15) is 23.9 Å². The minimum atomic E-state index is -1.55. The number of aromatic hydroxyl groups is 1. The van der Waals surface area contributed by atoms with Crippen molar-refractivity contribution in [2.45, 2.75) is 56.5 Å². The second-order valence-corrected chi connectivity index (χ2v) is 9.23. The number of carbonyl (C=O) groups is 4. The molecule has 0 saturated heterocycles. The van der Waals surface area contributed by atoms with Gasteiger partial charge in [0.2, 0.25) is 17.7 Å². The lowest BCUT2D eigenvalue weighted by atomic mass is 10.0. The predicted molar refractivity (Wildman–Crippen MR) is 139 cm³/mol. The summed E-state index contributed by atoms with van der Waals surface area (Å²) in [6.45, 7) is 1.25. The average Bonchev–Trinajstić information content (AvgIpc) is 3.61. The number of hydrogen-bond acceptors (Lipinski definition) is 9. The third-order valence-corrected chi connectivity index (χ3v) is 6.00. The number of hydrogen-bond donors (Lipinski definition) is 9. The zero-order valence-electron chi connectivity index (χ0n) is 21.6. The molecule has 5 unspecified atom stereocenters. The van der Waals surface area contributed by atoms with E-state index >= 15 is 0 Å². The van der Waals surface area contributed by atoms with Gasteiger partial charge < -0.3 is 47.0 Å². The first-order valence-electron chi connectivity index (χ1n) is 12.3. The number of phenolic OH excluding ortho intramolecular Hbond substituents is 1. The summed E-state index contributed by atoms with van der Waals surface area (Å²) in [5.74, 6) is -3.75. The molecule has 0 fully saturated rings. The molecule has 40 heavy (non-hydrogen) atoms. The van der Waals surface area contributed by atoms with Crippen LogP contribution in [0, 0.1) is 0 Å². The van der Waals surface area contributed by atoms with Crippen LogP contribution in [0.5, 0.6) is 5.75 Å². The van der Waals surface area contributed by atoms with Crippen LogP contribution in [-0.4, -0.2) is 89.2 Å². The molecule has 10 N–H and O–H groups in total. The molecule has 2 aromatic heterocycles. The van der Waals surface area contributed by atoms with E-state index in [1.54, 1.807) is 0 Å². The van der Waals surface area contributed by atoms with E-state index < -0.39 is 54.0 Å². The third kappa shape index (κ3) is 8.64. The Kier molecular flexibility index (Phi) is 10.3. The summed E-state index contributed by atoms with van der Waals surface area (Å²) in [6, 6.07) is 0.584. The van der Waals surface area contributed by atoms with Crippen molar-refractivity contribution < 1.29 is 34.5 Å². The summed E-state index contributed by atoms with van der Waals surface area (Å²) >= 11 is 0. The van der Waals surface area contributed by atoms with Gasteiger partial charge in [0.25, 0.3) is 0 Å². The number of carbonyl (C=O) groups excluding carboxylic acids is 3. The number of aliphatic hydroxyl groups is 1. The van der Waals surface area contributed by atoms with E-state index in [0.29, 0.717) is 17.0 Å². The molecule has 0 bridgehead atoms. The average molecular weight is 557 g/mol. The van der Waals surface area contributed by atoms with Gasteiger partial charge in [0, 0.05) is 43.0 Å². The molecule has 0 aliphatic rings. The Bertz CT molecular complexity index is 1260. The quantitative estimate of drug-likeness (QED) is 0.107. The predicted octanol–water partition coefficient (Wildman–Crippen LogP) is -1.89. The van der Waals surface area contributed by atoms with Gasteiger partial charge in [-0.15, -0.1) is 0 Å². The van der Waals surface area contributed by atoms with Crippen molar-refractivity contribution >= 4 is 23.7 Å². The summed E-state index contributed by atoms with van der Waals surface area (Å²) in [5.41, 5.74) is 7.64. The standard InChI is InChI=1S/C25H32N8O7/c1-13(34)21(24(38)32-20(25(39)40)6-14-2-4-17(35)5-3-14)33-23(37)19(8-16-10-28-12-30-16)31-22(36)18(26)7-15-9-27-11-29-15/h2-5,9-13,18-21,34-35H,6-8,26H2,1H3,(H,27,29)(H,28,30)(H,31,36)(H,32,38)(H,33,37)(H,39,40). The molecule has 3 amide bonds. The molecule has 3 rings (SSSR count). The molecular weight excluding hydrogens is 524 g/mol. The van der Waals surface area contributed by atoms with E-state index in [1.807, 2.05) is 0 Å². The molecule has 2 heterocycles. The van der Waals surface area contributed by atoms with Crippen LogP contribution in [0.1, 0.15) is 23.9 Å². The molecule has 15 heteroatoms. The van der Waals surface area contributed by atoms with Crippen LogP contribution in [0.15, 0.2) is 49.3 Å². The number of carboxylic acid groups (broad SMARTS) is 1. The van der Waals surface area contributed by atoms with Gasteiger partial charge in [-0.25, -0.2) is 14.8 Å². The summed E-state index contributed by atoms with van der Waals surface area (Å²) in [6.07, 6.45) is 4.35. The molecule has 214 valence electrons. The number of imidazole rings is 2. The number of phenols is 1. The van der Waals surface area contributed by atoms with Gasteiger partial charge in [0.05, 0.1) is 24.8 Å². The van der Waals surface area contributed by atoms with E-state index in [4.69, 9.17) is 5.73 Å². The molecule has 0 aliphatic carbocycles. The highest BCUT2D eigenvalue weighted by atomic mass is 16.4. The monoisotopic (exact) mass is 556 g/mol. The minimum absolute atomic E-state index is 0.00409. The number of nitrogens with two attached hydrogens (primary N) is 1. The fourth-order valence-corrected chi connectivity index (χ4v) is 3.82. The molecule has 5 atom stereocenters. The van der Waals surface area contributed by atoms with Gasteiger partial charge in [-0.3, -0.25) is 14.4 Å². The Balaban J connectivity index is 1.71. The maximum atomic E-state index is 13.3. The van der Waals surface area contributed by atoms with Crippen molar-refractivity contribution in [3.63, 3.8) is 0 Å². The van der Waals surface area contributed by atoms with Gasteiger partial charge >= 0.3 is 5.97 Å². The molecule has 1 aromatic carbocycles. The van der Waals surface area contributed by atoms with Crippen molar-refractivity contribution in [1.82, 2.24) is 35.9 Å². The van der Waals surface area contributed by atoms with Gasteiger partial charge in [-0.1, -0.05) is 12.1 Å². The highest BCUT2D eigenvalue weighted by molar-refractivity contribution is 5.94. The number of aromatic nitrogens is 4. The maximum absolute atomic E-state index is 13.3. The fraction of sp³-hybridized carbons (Fsp3) is 0.360. The first kappa shape index (κ1) is 29.8. The molecule has 0 saturated carbocycles. The van der Waals surface area contributed by atoms with Gasteiger partial charge in [-0.05, 0) is 24.6 Å².